The van der Waals surface area contributed by atoms with Gasteiger partial charge in [-0.05, 0) is 0 Å². The van der Waals surface area contributed by atoms with Gasteiger partial charge < -0.3 is 15.2 Å². The summed E-state index contributed by atoms with van der Waals surface area (Å²) in [7, 11) is -0.521. The third kappa shape index (κ3) is 2.21. The molecule has 0 saturated carbocycles. The lowest BCUT2D eigenvalue weighted by Gasteiger charge is -2.12. The van der Waals surface area contributed by atoms with Crippen LogP contribution in [0, 0.1) is 0 Å². The first kappa shape index (κ1) is 12.6. The summed E-state index contributed by atoms with van der Waals surface area (Å²) >= 11 is 0. The van der Waals surface area contributed by atoms with Crippen LogP contribution in [0.3, 0.4) is 0 Å². The van der Waals surface area contributed by atoms with Crippen LogP contribution in [0.4, 0.5) is 5.69 Å². The summed E-state index contributed by atoms with van der Waals surface area (Å²) in [5, 5.41) is 0. The predicted molar refractivity (Wildman–Crippen MR) is 61.7 cm³/mol. The number of sulfone groups is 1. The van der Waals surface area contributed by atoms with Gasteiger partial charge in [0.1, 0.15) is 16.4 Å². The van der Waals surface area contributed by atoms with Gasteiger partial charge in [0, 0.05) is 12.1 Å². The molecule has 0 aliphatic rings. The lowest BCUT2D eigenvalue weighted by atomic mass is 10.3. The summed E-state index contributed by atoms with van der Waals surface area (Å²) in [6, 6.07) is 2.83. The van der Waals surface area contributed by atoms with Gasteiger partial charge in [0.15, 0.2) is 9.84 Å². The monoisotopic (exact) mass is 245 g/mol. The van der Waals surface area contributed by atoms with Crippen molar-refractivity contribution in [3.8, 4) is 11.5 Å². The van der Waals surface area contributed by atoms with Gasteiger partial charge in [-0.2, -0.15) is 0 Å². The van der Waals surface area contributed by atoms with Gasteiger partial charge in [-0.1, -0.05) is 6.92 Å². The van der Waals surface area contributed by atoms with Crippen molar-refractivity contribution in [2.45, 2.75) is 11.8 Å². The zero-order chi connectivity index (χ0) is 12.3. The van der Waals surface area contributed by atoms with E-state index in [1.807, 2.05) is 0 Å². The van der Waals surface area contributed by atoms with E-state index < -0.39 is 9.84 Å². The molecule has 2 N–H and O–H groups in total. The fourth-order valence-corrected chi connectivity index (χ4v) is 2.34. The quantitative estimate of drug-likeness (QED) is 0.803. The normalized spacial score (nSPS) is 11.2. The lowest BCUT2D eigenvalue weighted by Crippen LogP contribution is -2.07. The molecular weight excluding hydrogens is 230 g/mol. The second-order valence-electron chi connectivity index (χ2n) is 3.15. The van der Waals surface area contributed by atoms with Gasteiger partial charge >= 0.3 is 0 Å². The highest BCUT2D eigenvalue weighted by Gasteiger charge is 2.20. The summed E-state index contributed by atoms with van der Waals surface area (Å²) in [5.41, 5.74) is 6.00. The van der Waals surface area contributed by atoms with Crippen LogP contribution in [0.25, 0.3) is 0 Å². The molecular formula is C10H15NO4S. The van der Waals surface area contributed by atoms with E-state index in [0.29, 0.717) is 11.4 Å². The number of nitrogens with two attached hydrogens (primary N) is 1. The Morgan fingerprint density at radius 1 is 1.19 bits per heavy atom. The van der Waals surface area contributed by atoms with E-state index in [1.165, 1.54) is 26.4 Å². The third-order valence-electron chi connectivity index (χ3n) is 2.23. The summed E-state index contributed by atoms with van der Waals surface area (Å²) in [4.78, 5) is 0.101. The minimum atomic E-state index is -3.35. The van der Waals surface area contributed by atoms with Gasteiger partial charge in [0.25, 0.3) is 0 Å². The van der Waals surface area contributed by atoms with Crippen LogP contribution in [0.2, 0.25) is 0 Å². The van der Waals surface area contributed by atoms with Gasteiger partial charge in [0.2, 0.25) is 0 Å². The van der Waals surface area contributed by atoms with Crippen molar-refractivity contribution >= 4 is 15.5 Å². The number of anilines is 1. The van der Waals surface area contributed by atoms with E-state index >= 15 is 0 Å². The number of methoxy groups -OCH3 is 2. The molecule has 0 amide bonds. The van der Waals surface area contributed by atoms with Crippen LogP contribution in [0.1, 0.15) is 6.92 Å². The number of rotatable bonds is 4. The van der Waals surface area contributed by atoms with E-state index in [2.05, 4.69) is 0 Å². The minimum absolute atomic E-state index is 0.00354. The molecule has 1 aromatic carbocycles. The highest BCUT2D eigenvalue weighted by molar-refractivity contribution is 7.91. The first-order chi connectivity index (χ1) is 7.46. The second kappa shape index (κ2) is 4.61. The average Bonchev–Trinajstić information content (AvgIpc) is 2.28. The molecule has 0 aliphatic heterocycles. The Kier molecular flexibility index (Phi) is 3.64. The Morgan fingerprint density at radius 3 is 2.19 bits per heavy atom. The Bertz CT molecular complexity index is 482. The summed E-state index contributed by atoms with van der Waals surface area (Å²) in [5.74, 6) is 0.559. The van der Waals surface area contributed by atoms with Crippen LogP contribution < -0.4 is 15.2 Å². The molecule has 0 atom stereocenters. The van der Waals surface area contributed by atoms with E-state index in [1.54, 1.807) is 6.92 Å². The lowest BCUT2D eigenvalue weighted by molar-refractivity contribution is 0.394. The van der Waals surface area contributed by atoms with Crippen molar-refractivity contribution in [1.82, 2.24) is 0 Å². The van der Waals surface area contributed by atoms with Gasteiger partial charge in [-0.15, -0.1) is 0 Å². The molecule has 16 heavy (non-hydrogen) atoms. The smallest absolute Gasteiger partial charge is 0.181 e. The molecule has 0 spiro atoms. The standard InChI is InChI=1S/C10H15NO4S/c1-4-16(12,13)10-6-8(14-2)7(11)5-9(10)15-3/h5-6H,4,11H2,1-3H3. The Hall–Kier alpha value is -1.43. The van der Waals surface area contributed by atoms with Crippen LogP contribution in [-0.4, -0.2) is 28.4 Å². The van der Waals surface area contributed by atoms with Crippen molar-refractivity contribution in [1.29, 1.82) is 0 Å². The molecule has 6 heteroatoms. The number of nitrogen functional groups attached to an aromatic ring is 1. The summed E-state index contributed by atoms with van der Waals surface area (Å²) in [6.45, 7) is 1.57. The molecule has 90 valence electrons. The molecule has 0 bridgehead atoms. The highest BCUT2D eigenvalue weighted by Crippen LogP contribution is 2.34. The first-order valence-electron chi connectivity index (χ1n) is 4.70. The Balaban J connectivity index is 3.48. The molecule has 0 fully saturated rings. The molecule has 5 nitrogen and oxygen atoms in total. The molecule has 0 aromatic heterocycles. The second-order valence-corrected chi connectivity index (χ2v) is 5.40. The van der Waals surface area contributed by atoms with E-state index in [-0.39, 0.29) is 16.4 Å². The molecule has 0 aliphatic carbocycles. The number of hydrogen-bond acceptors (Lipinski definition) is 5. The van der Waals surface area contributed by atoms with Crippen molar-refractivity contribution in [3.63, 3.8) is 0 Å². The molecule has 0 heterocycles. The van der Waals surface area contributed by atoms with Crippen LogP contribution in [-0.2, 0) is 9.84 Å². The van der Waals surface area contributed by atoms with Crippen LogP contribution in [0.5, 0.6) is 11.5 Å². The fourth-order valence-electron chi connectivity index (χ4n) is 1.29. The van der Waals surface area contributed by atoms with Crippen molar-refractivity contribution in [3.05, 3.63) is 12.1 Å². The van der Waals surface area contributed by atoms with Crippen LogP contribution >= 0.6 is 0 Å². The first-order valence-corrected chi connectivity index (χ1v) is 6.35. The molecule has 0 unspecified atom stereocenters. The number of ether oxygens (including phenoxy) is 2. The SMILES string of the molecule is CCS(=O)(=O)c1cc(OC)c(N)cc1OC. The fraction of sp³-hybridized carbons (Fsp3) is 0.400. The third-order valence-corrected chi connectivity index (χ3v) is 3.98. The molecule has 0 saturated heterocycles. The van der Waals surface area contributed by atoms with Crippen molar-refractivity contribution in [2.24, 2.45) is 0 Å². The van der Waals surface area contributed by atoms with Crippen molar-refractivity contribution < 1.29 is 17.9 Å². The maximum atomic E-state index is 11.8. The minimum Gasteiger partial charge on any atom is -0.495 e. The zero-order valence-corrected chi connectivity index (χ0v) is 10.3. The average molecular weight is 245 g/mol. The maximum Gasteiger partial charge on any atom is 0.181 e. The number of hydrogen-bond donors (Lipinski definition) is 1. The highest BCUT2D eigenvalue weighted by atomic mass is 32.2. The van der Waals surface area contributed by atoms with Crippen LogP contribution in [0.15, 0.2) is 17.0 Å². The largest absolute Gasteiger partial charge is 0.495 e. The zero-order valence-electron chi connectivity index (χ0n) is 9.48. The number of benzene rings is 1. The molecule has 1 aromatic rings. The maximum absolute atomic E-state index is 11.8. The van der Waals surface area contributed by atoms with Gasteiger partial charge in [0.05, 0.1) is 25.7 Å². The topological polar surface area (TPSA) is 78.6 Å². The summed E-state index contributed by atoms with van der Waals surface area (Å²) in [6.07, 6.45) is 0. The van der Waals surface area contributed by atoms with E-state index in [4.69, 9.17) is 15.2 Å². The van der Waals surface area contributed by atoms with E-state index in [0.717, 1.165) is 0 Å². The van der Waals surface area contributed by atoms with E-state index in [9.17, 15) is 8.42 Å². The van der Waals surface area contributed by atoms with Crippen molar-refractivity contribution in [2.75, 3.05) is 25.7 Å². The Morgan fingerprint density at radius 2 is 1.75 bits per heavy atom. The summed E-state index contributed by atoms with van der Waals surface area (Å²) < 4.78 is 33.5. The predicted octanol–water partition coefficient (Wildman–Crippen LogP) is 1.08. The molecule has 0 radical (unpaired) electrons. The Labute approximate surface area is 95.1 Å². The van der Waals surface area contributed by atoms with Gasteiger partial charge in [-0.25, -0.2) is 8.42 Å². The van der Waals surface area contributed by atoms with Gasteiger partial charge in [-0.3, -0.25) is 0 Å². The molecule has 1 rings (SSSR count).